The smallest absolute Gasteiger partial charge is 0.260 e. The molecule has 4 rings (SSSR count). The van der Waals surface area contributed by atoms with Gasteiger partial charge in [-0.15, -0.1) is 0 Å². The number of halogens is 1. The van der Waals surface area contributed by atoms with Crippen LogP contribution in [0.1, 0.15) is 38.5 Å². The summed E-state index contributed by atoms with van der Waals surface area (Å²) in [5.74, 6) is 1.12. The van der Waals surface area contributed by atoms with E-state index in [9.17, 15) is 9.59 Å². The van der Waals surface area contributed by atoms with Crippen molar-refractivity contribution < 1.29 is 19.1 Å². The average molecular weight is 464 g/mol. The van der Waals surface area contributed by atoms with E-state index in [2.05, 4.69) is 10.2 Å². The molecule has 2 atom stereocenters. The Morgan fingerprint density at radius 2 is 1.78 bits per heavy atom. The molecule has 32 heavy (non-hydrogen) atoms. The Hall–Kier alpha value is -1.83. The van der Waals surface area contributed by atoms with Crippen LogP contribution in [0.2, 0.25) is 5.02 Å². The van der Waals surface area contributed by atoms with E-state index in [4.69, 9.17) is 21.1 Å². The first-order valence-electron chi connectivity index (χ1n) is 11.9. The molecule has 0 bridgehead atoms. The first kappa shape index (κ1) is 23.3. The minimum absolute atomic E-state index is 0.00948. The zero-order valence-corrected chi connectivity index (χ0v) is 19.4. The number of piperazine rings is 1. The van der Waals surface area contributed by atoms with Crippen LogP contribution in [0.15, 0.2) is 24.3 Å². The molecular formula is C24H34ClN3O4. The van der Waals surface area contributed by atoms with E-state index in [0.29, 0.717) is 49.4 Å². The standard InChI is InChI=1S/C24H34ClN3O4/c25-19-7-9-20(10-8-19)32-17-22(29)27-11-13-28(14-12-27)23(18-4-1-2-5-18)24(30)26-16-21-6-3-15-31-21/h7-10,18,21,23H,1-6,11-17H2,(H,26,30). The number of hydrogen-bond donors (Lipinski definition) is 1. The Kier molecular flexibility index (Phi) is 8.27. The van der Waals surface area contributed by atoms with Gasteiger partial charge in [0.25, 0.3) is 5.91 Å². The highest BCUT2D eigenvalue weighted by Gasteiger charge is 2.37. The van der Waals surface area contributed by atoms with Crippen LogP contribution in [0.3, 0.4) is 0 Å². The van der Waals surface area contributed by atoms with Gasteiger partial charge in [-0.3, -0.25) is 14.5 Å². The van der Waals surface area contributed by atoms with Crippen LogP contribution in [-0.2, 0) is 14.3 Å². The predicted molar refractivity (Wildman–Crippen MR) is 123 cm³/mol. The molecule has 1 aromatic carbocycles. The van der Waals surface area contributed by atoms with Crippen LogP contribution >= 0.6 is 11.6 Å². The molecule has 2 amide bonds. The van der Waals surface area contributed by atoms with Gasteiger partial charge in [0.05, 0.1) is 12.1 Å². The second-order valence-corrected chi connectivity index (χ2v) is 9.47. The van der Waals surface area contributed by atoms with E-state index in [1.807, 2.05) is 4.90 Å². The van der Waals surface area contributed by atoms with E-state index in [1.165, 1.54) is 12.8 Å². The predicted octanol–water partition coefficient (Wildman–Crippen LogP) is 2.72. The fourth-order valence-corrected chi connectivity index (χ4v) is 5.22. The Labute approximate surface area is 195 Å². The van der Waals surface area contributed by atoms with Crippen molar-refractivity contribution in [3.63, 3.8) is 0 Å². The fourth-order valence-electron chi connectivity index (χ4n) is 5.09. The minimum atomic E-state index is -0.110. The third kappa shape index (κ3) is 6.15. The van der Waals surface area contributed by atoms with Gasteiger partial charge in [-0.25, -0.2) is 0 Å². The molecule has 0 spiro atoms. The SMILES string of the molecule is O=C(NCC1CCCO1)C(C1CCCC1)N1CCN(C(=O)COc2ccc(Cl)cc2)CC1. The van der Waals surface area contributed by atoms with Crippen molar-refractivity contribution in [2.45, 2.75) is 50.7 Å². The lowest BCUT2D eigenvalue weighted by atomic mass is 9.95. The van der Waals surface area contributed by atoms with Crippen molar-refractivity contribution in [3.8, 4) is 5.75 Å². The highest BCUT2D eigenvalue weighted by molar-refractivity contribution is 6.30. The van der Waals surface area contributed by atoms with Crippen molar-refractivity contribution >= 4 is 23.4 Å². The largest absolute Gasteiger partial charge is 0.484 e. The van der Waals surface area contributed by atoms with Crippen molar-refractivity contribution in [1.29, 1.82) is 0 Å². The van der Waals surface area contributed by atoms with Gasteiger partial charge >= 0.3 is 0 Å². The molecule has 3 aliphatic rings. The normalized spacial score (nSPS) is 23.3. The van der Waals surface area contributed by atoms with E-state index in [1.54, 1.807) is 24.3 Å². The zero-order valence-electron chi connectivity index (χ0n) is 18.6. The number of carbonyl (C=O) groups is 2. The summed E-state index contributed by atoms with van der Waals surface area (Å²) in [5.41, 5.74) is 0. The number of nitrogens with zero attached hydrogens (tertiary/aromatic N) is 2. The van der Waals surface area contributed by atoms with Gasteiger partial charge in [-0.05, 0) is 55.9 Å². The molecule has 0 aromatic heterocycles. The summed E-state index contributed by atoms with van der Waals surface area (Å²) in [7, 11) is 0. The van der Waals surface area contributed by atoms with Gasteiger partial charge in [0, 0.05) is 44.4 Å². The quantitative estimate of drug-likeness (QED) is 0.641. The van der Waals surface area contributed by atoms with Crippen LogP contribution in [0.5, 0.6) is 5.75 Å². The maximum Gasteiger partial charge on any atom is 0.260 e. The lowest BCUT2D eigenvalue weighted by Crippen LogP contribution is -2.58. The molecule has 176 valence electrons. The molecule has 1 aromatic rings. The van der Waals surface area contributed by atoms with Crippen LogP contribution < -0.4 is 10.1 Å². The minimum Gasteiger partial charge on any atom is -0.484 e. The number of benzene rings is 1. The number of nitrogens with one attached hydrogen (secondary N) is 1. The maximum absolute atomic E-state index is 13.2. The van der Waals surface area contributed by atoms with Crippen molar-refractivity contribution in [2.24, 2.45) is 5.92 Å². The number of hydrogen-bond acceptors (Lipinski definition) is 5. The number of rotatable bonds is 8. The summed E-state index contributed by atoms with van der Waals surface area (Å²) in [6.07, 6.45) is 6.84. The Bertz CT molecular complexity index is 755. The van der Waals surface area contributed by atoms with Crippen LogP contribution in [-0.4, -0.2) is 79.7 Å². The lowest BCUT2D eigenvalue weighted by molar-refractivity contribution is -0.137. The first-order chi connectivity index (χ1) is 15.6. The van der Waals surface area contributed by atoms with Crippen molar-refractivity contribution in [2.75, 3.05) is 45.9 Å². The van der Waals surface area contributed by atoms with E-state index in [-0.39, 0.29) is 30.6 Å². The van der Waals surface area contributed by atoms with Crippen LogP contribution in [0, 0.1) is 5.92 Å². The fraction of sp³-hybridized carbons (Fsp3) is 0.667. The molecule has 2 unspecified atom stereocenters. The van der Waals surface area contributed by atoms with Crippen molar-refractivity contribution in [3.05, 3.63) is 29.3 Å². The lowest BCUT2D eigenvalue weighted by Gasteiger charge is -2.40. The summed E-state index contributed by atoms with van der Waals surface area (Å²) in [6.45, 7) is 4.06. The molecular weight excluding hydrogens is 430 g/mol. The number of ether oxygens (including phenoxy) is 2. The monoisotopic (exact) mass is 463 g/mol. The van der Waals surface area contributed by atoms with Crippen LogP contribution in [0.4, 0.5) is 0 Å². The summed E-state index contributed by atoms with van der Waals surface area (Å²) in [6, 6.07) is 6.89. The molecule has 1 N–H and O–H groups in total. The average Bonchev–Trinajstić information content (AvgIpc) is 3.52. The Balaban J connectivity index is 1.27. The van der Waals surface area contributed by atoms with Crippen molar-refractivity contribution in [1.82, 2.24) is 15.1 Å². The molecule has 7 nitrogen and oxygen atoms in total. The van der Waals surface area contributed by atoms with E-state index in [0.717, 1.165) is 32.3 Å². The second-order valence-electron chi connectivity index (χ2n) is 9.03. The topological polar surface area (TPSA) is 71.1 Å². The maximum atomic E-state index is 13.2. The molecule has 8 heteroatoms. The van der Waals surface area contributed by atoms with Gasteiger partial charge in [0.1, 0.15) is 5.75 Å². The summed E-state index contributed by atoms with van der Waals surface area (Å²) in [4.78, 5) is 29.9. The molecule has 0 radical (unpaired) electrons. The van der Waals surface area contributed by atoms with Gasteiger partial charge < -0.3 is 19.7 Å². The second kappa shape index (κ2) is 11.3. The Morgan fingerprint density at radius 3 is 2.44 bits per heavy atom. The van der Waals surface area contributed by atoms with E-state index >= 15 is 0 Å². The molecule has 3 fully saturated rings. The van der Waals surface area contributed by atoms with Gasteiger partial charge in [-0.1, -0.05) is 24.4 Å². The first-order valence-corrected chi connectivity index (χ1v) is 12.3. The molecule has 2 aliphatic heterocycles. The molecule has 2 saturated heterocycles. The van der Waals surface area contributed by atoms with Gasteiger partial charge in [0.15, 0.2) is 6.61 Å². The molecule has 2 heterocycles. The van der Waals surface area contributed by atoms with Gasteiger partial charge in [-0.2, -0.15) is 0 Å². The van der Waals surface area contributed by atoms with E-state index < -0.39 is 0 Å². The number of amides is 2. The summed E-state index contributed by atoms with van der Waals surface area (Å²) >= 11 is 5.89. The highest BCUT2D eigenvalue weighted by Crippen LogP contribution is 2.31. The van der Waals surface area contributed by atoms with Gasteiger partial charge in [0.2, 0.25) is 5.91 Å². The molecule has 1 saturated carbocycles. The third-order valence-corrected chi connectivity index (χ3v) is 7.13. The van der Waals surface area contributed by atoms with Crippen LogP contribution in [0.25, 0.3) is 0 Å². The zero-order chi connectivity index (χ0) is 22.3. The third-order valence-electron chi connectivity index (χ3n) is 6.88. The Morgan fingerprint density at radius 1 is 1.06 bits per heavy atom. The number of carbonyl (C=O) groups excluding carboxylic acids is 2. The summed E-state index contributed by atoms with van der Waals surface area (Å²) < 4.78 is 11.3. The highest BCUT2D eigenvalue weighted by atomic mass is 35.5. The molecule has 1 aliphatic carbocycles. The summed E-state index contributed by atoms with van der Waals surface area (Å²) in [5, 5.41) is 3.80.